The Morgan fingerprint density at radius 2 is 2.03 bits per heavy atom. The summed E-state index contributed by atoms with van der Waals surface area (Å²) < 4.78 is 35.4. The molecule has 8 heteroatoms. The van der Waals surface area contributed by atoms with Gasteiger partial charge in [-0.3, -0.25) is 4.79 Å². The summed E-state index contributed by atoms with van der Waals surface area (Å²) in [4.78, 5) is 14.1. The highest BCUT2D eigenvalue weighted by atomic mass is 19.1. The summed E-state index contributed by atoms with van der Waals surface area (Å²) in [5, 5.41) is 9.14. The average molecular weight is 418 g/mol. The lowest BCUT2D eigenvalue weighted by Crippen LogP contribution is -2.59. The molecule has 0 bridgehead atoms. The molecule has 30 heavy (non-hydrogen) atoms. The third kappa shape index (κ3) is 4.28. The maximum absolute atomic E-state index is 14.8. The van der Waals surface area contributed by atoms with Gasteiger partial charge in [0.05, 0.1) is 12.0 Å². The molecule has 1 amide bonds. The van der Waals surface area contributed by atoms with Crippen LogP contribution in [0.3, 0.4) is 0 Å². The van der Waals surface area contributed by atoms with Gasteiger partial charge in [-0.05, 0) is 37.5 Å². The van der Waals surface area contributed by atoms with Gasteiger partial charge in [0.1, 0.15) is 17.7 Å². The van der Waals surface area contributed by atoms with Crippen LogP contribution in [-0.2, 0) is 9.53 Å². The van der Waals surface area contributed by atoms with Gasteiger partial charge in [0.15, 0.2) is 5.88 Å². The number of carbonyl (C=O) groups excluding carboxylic acids is 1. The molecule has 3 N–H and O–H groups in total. The van der Waals surface area contributed by atoms with Gasteiger partial charge in [-0.25, -0.2) is 8.78 Å². The van der Waals surface area contributed by atoms with Gasteiger partial charge in [-0.1, -0.05) is 13.5 Å². The SMILES string of the molecule is C=C1CCC(c2c(F)cc(N3CC(N/C(=C/CC)OC4CNC4)C3)cc2F)C(=O)N1. The Bertz CT molecular complexity index is 840. The minimum Gasteiger partial charge on any atom is -0.474 e. The summed E-state index contributed by atoms with van der Waals surface area (Å²) in [6, 6.07) is 2.80. The van der Waals surface area contributed by atoms with Crippen molar-refractivity contribution < 1.29 is 18.3 Å². The number of nitrogens with one attached hydrogen (secondary N) is 3. The number of carbonyl (C=O) groups is 1. The minimum atomic E-state index is -0.824. The fraction of sp³-hybridized carbons (Fsp3) is 0.500. The fourth-order valence-electron chi connectivity index (χ4n) is 3.97. The molecular weight excluding hydrogens is 390 g/mol. The Balaban J connectivity index is 1.38. The molecule has 3 saturated heterocycles. The molecule has 6 nitrogen and oxygen atoms in total. The number of anilines is 1. The number of hydrogen-bond acceptors (Lipinski definition) is 5. The van der Waals surface area contributed by atoms with Crippen molar-refractivity contribution in [3.63, 3.8) is 0 Å². The van der Waals surface area contributed by atoms with Crippen LogP contribution in [0.4, 0.5) is 14.5 Å². The van der Waals surface area contributed by atoms with E-state index in [0.29, 0.717) is 37.3 Å². The molecule has 3 fully saturated rings. The van der Waals surface area contributed by atoms with E-state index in [-0.39, 0.29) is 17.7 Å². The van der Waals surface area contributed by atoms with E-state index in [9.17, 15) is 13.6 Å². The van der Waals surface area contributed by atoms with Crippen molar-refractivity contribution in [2.75, 3.05) is 31.1 Å². The summed E-state index contributed by atoms with van der Waals surface area (Å²) in [5.41, 5.74) is 0.911. The predicted molar refractivity (Wildman–Crippen MR) is 111 cm³/mol. The van der Waals surface area contributed by atoms with E-state index in [0.717, 1.165) is 25.4 Å². The molecule has 3 heterocycles. The minimum absolute atomic E-state index is 0.150. The van der Waals surface area contributed by atoms with Gasteiger partial charge >= 0.3 is 0 Å². The standard InChI is InChI=1S/C22H28F2N4O2/c1-3-4-20(30-16-9-25-10-16)27-14-11-28(12-14)15-7-18(23)21(19(24)8-15)17-6-5-13(2)26-22(17)29/h4,7-8,14,16-17,25,27H,2-3,5-6,9-12H2,1H3,(H,26,29)/b20-4-. The smallest absolute Gasteiger partial charge is 0.231 e. The number of hydrogen-bond donors (Lipinski definition) is 3. The second-order valence-corrected chi connectivity index (χ2v) is 8.13. The van der Waals surface area contributed by atoms with Gasteiger partial charge in [0.25, 0.3) is 0 Å². The first-order valence-electron chi connectivity index (χ1n) is 10.5. The topological polar surface area (TPSA) is 65.6 Å². The second kappa shape index (κ2) is 8.63. The molecule has 3 aliphatic heterocycles. The lowest BCUT2D eigenvalue weighted by molar-refractivity contribution is -0.123. The molecule has 3 aliphatic rings. The molecule has 1 unspecified atom stereocenters. The first-order chi connectivity index (χ1) is 14.4. The quantitative estimate of drug-likeness (QED) is 0.594. The molecule has 0 spiro atoms. The number of halogens is 2. The number of rotatable bonds is 7. The number of ether oxygens (including phenoxy) is 1. The Morgan fingerprint density at radius 1 is 1.33 bits per heavy atom. The Morgan fingerprint density at radius 3 is 2.60 bits per heavy atom. The van der Waals surface area contributed by atoms with Crippen molar-refractivity contribution in [1.82, 2.24) is 16.0 Å². The van der Waals surface area contributed by atoms with Gasteiger partial charge < -0.3 is 25.6 Å². The van der Waals surface area contributed by atoms with Crippen molar-refractivity contribution in [2.45, 2.75) is 44.2 Å². The molecule has 162 valence electrons. The molecule has 1 aromatic rings. The van der Waals surface area contributed by atoms with E-state index in [1.165, 1.54) is 12.1 Å². The van der Waals surface area contributed by atoms with Crippen LogP contribution in [0.25, 0.3) is 0 Å². The Labute approximate surface area is 175 Å². The van der Waals surface area contributed by atoms with E-state index in [4.69, 9.17) is 4.74 Å². The summed E-state index contributed by atoms with van der Waals surface area (Å²) in [6.07, 6.45) is 3.94. The molecular formula is C22H28F2N4O2. The van der Waals surface area contributed by atoms with E-state index >= 15 is 0 Å². The maximum Gasteiger partial charge on any atom is 0.231 e. The van der Waals surface area contributed by atoms with Crippen LogP contribution in [0.1, 0.15) is 37.7 Å². The average Bonchev–Trinajstić information content (AvgIpc) is 2.61. The van der Waals surface area contributed by atoms with Crippen molar-refractivity contribution in [1.29, 1.82) is 0 Å². The number of benzene rings is 1. The zero-order valence-corrected chi connectivity index (χ0v) is 17.1. The van der Waals surface area contributed by atoms with Crippen LogP contribution in [0.2, 0.25) is 0 Å². The predicted octanol–water partition coefficient (Wildman–Crippen LogP) is 2.49. The van der Waals surface area contributed by atoms with Crippen molar-refractivity contribution in [2.24, 2.45) is 0 Å². The van der Waals surface area contributed by atoms with Crippen molar-refractivity contribution >= 4 is 11.6 Å². The van der Waals surface area contributed by atoms with E-state index in [1.807, 2.05) is 17.9 Å². The van der Waals surface area contributed by atoms with Gasteiger partial charge in [-0.2, -0.15) is 0 Å². The zero-order chi connectivity index (χ0) is 21.3. The van der Waals surface area contributed by atoms with Gasteiger partial charge in [0, 0.05) is 43.1 Å². The van der Waals surface area contributed by atoms with Crippen molar-refractivity contribution in [3.05, 3.63) is 53.6 Å². The van der Waals surface area contributed by atoms with Crippen LogP contribution in [-0.4, -0.2) is 44.2 Å². The lowest BCUT2D eigenvalue weighted by atomic mass is 9.88. The summed E-state index contributed by atoms with van der Waals surface area (Å²) in [7, 11) is 0. The number of amides is 1. The fourth-order valence-corrected chi connectivity index (χ4v) is 3.97. The number of allylic oxidation sites excluding steroid dienone is 2. The van der Waals surface area contributed by atoms with Crippen LogP contribution < -0.4 is 20.9 Å². The summed E-state index contributed by atoms with van der Waals surface area (Å²) >= 11 is 0. The van der Waals surface area contributed by atoms with Gasteiger partial charge in [0.2, 0.25) is 5.91 Å². The monoisotopic (exact) mass is 418 g/mol. The largest absolute Gasteiger partial charge is 0.474 e. The van der Waals surface area contributed by atoms with Crippen LogP contribution in [0, 0.1) is 11.6 Å². The van der Waals surface area contributed by atoms with Crippen LogP contribution >= 0.6 is 0 Å². The van der Waals surface area contributed by atoms with E-state index < -0.39 is 23.5 Å². The zero-order valence-electron chi connectivity index (χ0n) is 17.1. The summed E-state index contributed by atoms with van der Waals surface area (Å²) in [5.74, 6) is -1.81. The number of piperidine rings is 1. The normalized spacial score (nSPS) is 23.0. The van der Waals surface area contributed by atoms with Crippen molar-refractivity contribution in [3.8, 4) is 0 Å². The molecule has 0 aliphatic carbocycles. The molecule has 0 radical (unpaired) electrons. The third-order valence-corrected chi connectivity index (χ3v) is 5.78. The Kier molecular flexibility index (Phi) is 5.94. The molecule has 1 atom stereocenters. The summed E-state index contributed by atoms with van der Waals surface area (Å²) in [6.45, 7) is 8.69. The van der Waals surface area contributed by atoms with Gasteiger partial charge in [-0.15, -0.1) is 0 Å². The Hall–Kier alpha value is -2.61. The third-order valence-electron chi connectivity index (χ3n) is 5.78. The highest BCUT2D eigenvalue weighted by molar-refractivity contribution is 5.86. The molecule has 1 aromatic carbocycles. The number of nitrogens with zero attached hydrogens (tertiary/aromatic N) is 1. The first-order valence-corrected chi connectivity index (χ1v) is 10.5. The molecule has 0 aromatic heterocycles. The first kappa shape index (κ1) is 20.7. The highest BCUT2D eigenvalue weighted by Gasteiger charge is 2.33. The van der Waals surface area contributed by atoms with Crippen LogP contribution in [0.15, 0.2) is 36.4 Å². The maximum atomic E-state index is 14.8. The molecule has 0 saturated carbocycles. The van der Waals surface area contributed by atoms with E-state index in [1.54, 1.807) is 0 Å². The highest BCUT2D eigenvalue weighted by Crippen LogP contribution is 2.34. The van der Waals surface area contributed by atoms with Crippen LogP contribution in [0.5, 0.6) is 0 Å². The van der Waals surface area contributed by atoms with E-state index in [2.05, 4.69) is 22.5 Å². The lowest BCUT2D eigenvalue weighted by Gasteiger charge is -2.42. The second-order valence-electron chi connectivity index (χ2n) is 8.13. The molecule has 4 rings (SSSR count).